The van der Waals surface area contributed by atoms with Gasteiger partial charge in [-0.1, -0.05) is 47.6 Å². The van der Waals surface area contributed by atoms with E-state index in [-0.39, 0.29) is 29.6 Å². The van der Waals surface area contributed by atoms with Crippen LogP contribution in [0.5, 0.6) is 0 Å². The highest BCUT2D eigenvalue weighted by molar-refractivity contribution is 6.00. The van der Waals surface area contributed by atoms with E-state index in [1.54, 1.807) is 47.6 Å². The molecule has 2 N–H and O–H groups in total. The predicted molar refractivity (Wildman–Crippen MR) is 167 cm³/mol. The van der Waals surface area contributed by atoms with Crippen molar-refractivity contribution in [3.63, 3.8) is 0 Å². The highest BCUT2D eigenvalue weighted by Gasteiger charge is 2.78. The van der Waals surface area contributed by atoms with Crippen LogP contribution in [0.4, 0.5) is 0 Å². The largest absolute Gasteiger partial charge is 0.472 e. The second-order valence-corrected chi connectivity index (χ2v) is 15.0. The minimum absolute atomic E-state index is 0.158. The molecule has 1 saturated heterocycles. The first-order valence-electron chi connectivity index (χ1n) is 16.4. The minimum atomic E-state index is -2.69. The van der Waals surface area contributed by atoms with Crippen molar-refractivity contribution in [1.82, 2.24) is 0 Å². The van der Waals surface area contributed by atoms with Gasteiger partial charge in [-0.25, -0.2) is 9.59 Å². The van der Waals surface area contributed by atoms with Gasteiger partial charge in [0.1, 0.15) is 12.2 Å². The van der Waals surface area contributed by atoms with E-state index in [2.05, 4.69) is 0 Å². The van der Waals surface area contributed by atoms with E-state index < -0.39 is 93.7 Å². The molecule has 1 aromatic heterocycles. The molecule has 4 aliphatic rings. The molecule has 0 radical (unpaired) electrons. The second-order valence-electron chi connectivity index (χ2n) is 15.0. The highest BCUT2D eigenvalue weighted by Crippen LogP contribution is 2.69. The lowest BCUT2D eigenvalue weighted by Crippen LogP contribution is -2.80. The summed E-state index contributed by atoms with van der Waals surface area (Å²) in [7, 11) is 1.23. The first-order chi connectivity index (χ1) is 22.3. The van der Waals surface area contributed by atoms with Crippen molar-refractivity contribution in [2.45, 2.75) is 105 Å². The molecule has 0 spiro atoms. The van der Waals surface area contributed by atoms with Gasteiger partial charge in [-0.3, -0.25) is 14.4 Å². The Balaban J connectivity index is 1.88. The molecule has 48 heavy (non-hydrogen) atoms. The fraction of sp³-hybridized carbons (Fsp3) is 0.639. The van der Waals surface area contributed by atoms with Gasteiger partial charge >= 0.3 is 23.9 Å². The van der Waals surface area contributed by atoms with Gasteiger partial charge in [0.25, 0.3) is 0 Å². The van der Waals surface area contributed by atoms with Crippen molar-refractivity contribution < 1.29 is 57.6 Å². The van der Waals surface area contributed by atoms with Gasteiger partial charge in [0.05, 0.1) is 25.6 Å². The minimum Gasteiger partial charge on any atom is -0.472 e. The van der Waals surface area contributed by atoms with Crippen LogP contribution in [0.1, 0.15) is 86.3 Å². The first-order valence-corrected chi connectivity index (χ1v) is 16.4. The molecule has 9 atom stereocenters. The Morgan fingerprint density at radius 3 is 2.35 bits per heavy atom. The second kappa shape index (κ2) is 12.0. The van der Waals surface area contributed by atoms with Crippen LogP contribution in [0.2, 0.25) is 0 Å². The third-order valence-corrected chi connectivity index (χ3v) is 11.6. The fourth-order valence-corrected chi connectivity index (χ4v) is 9.05. The number of hydrogen-bond acceptors (Lipinski definition) is 12. The number of hydrogen-bond donors (Lipinski definition) is 2. The summed E-state index contributed by atoms with van der Waals surface area (Å²) >= 11 is 0. The standard InChI is InChI=1S/C36H46O12/c1-10-18(4)29(40)48-32-33(5,6)21(15-22(37)44-9)35(8)20-11-13-34(7)24(25(38)30(41)46-26(34)19-12-14-45-16-19)23(20)27(36(32,43)31(35)42)47-28(39)17(2)3/h10,12,14,16-17,20-21,25-27,32,38,43H,11,13,15H2,1-9H3/t20-,21-,25+,26-,27-,32-,34+,35+,36-/m1/s1. The van der Waals surface area contributed by atoms with E-state index in [1.165, 1.54) is 32.6 Å². The summed E-state index contributed by atoms with van der Waals surface area (Å²) in [5, 5.41) is 24.8. The average Bonchev–Trinajstić information content (AvgIpc) is 3.58. The Morgan fingerprint density at radius 2 is 1.79 bits per heavy atom. The molecule has 0 amide bonds. The molecule has 0 aromatic carbocycles. The Kier molecular flexibility index (Phi) is 8.87. The SMILES string of the molecule is CC=C(C)C(=O)O[C@@H]1C(C)(C)[C@@H](CC(=O)OC)[C@@]2(C)C(=O)[C@]1(O)[C@H](OC(=O)C(C)C)C1=C3[C@H](O)C(=O)O[C@H](c4ccoc4)[C@@]3(C)CC[C@H]12. The van der Waals surface area contributed by atoms with E-state index >= 15 is 4.79 Å². The Labute approximate surface area is 279 Å². The summed E-state index contributed by atoms with van der Waals surface area (Å²) in [6.45, 7) is 13.2. The van der Waals surface area contributed by atoms with Gasteiger partial charge in [-0.05, 0) is 55.7 Å². The van der Waals surface area contributed by atoms with Crippen molar-refractivity contribution in [3.8, 4) is 0 Å². The number of allylic oxidation sites excluding steroid dienone is 1. The van der Waals surface area contributed by atoms with E-state index in [4.69, 9.17) is 23.4 Å². The van der Waals surface area contributed by atoms with Gasteiger partial charge in [0, 0.05) is 33.8 Å². The lowest BCUT2D eigenvalue weighted by Gasteiger charge is -2.67. The number of fused-ring (bicyclic) bond motifs is 5. The maximum atomic E-state index is 15.1. The third kappa shape index (κ3) is 4.88. The number of Topliss-reactive ketones (excluding diaryl/α,β-unsaturated/α-hetero) is 1. The van der Waals surface area contributed by atoms with Crippen LogP contribution in [0.15, 0.2) is 45.8 Å². The molecule has 0 unspecified atom stereocenters. The number of cyclic esters (lactones) is 1. The summed E-state index contributed by atoms with van der Waals surface area (Å²) in [6, 6.07) is 1.65. The topological polar surface area (TPSA) is 176 Å². The number of aliphatic hydroxyl groups excluding tert-OH is 1. The molecular formula is C36H46O12. The van der Waals surface area contributed by atoms with Crippen molar-refractivity contribution in [1.29, 1.82) is 0 Å². The van der Waals surface area contributed by atoms with E-state index in [1.807, 2.05) is 6.92 Å². The van der Waals surface area contributed by atoms with Gasteiger partial charge in [-0.2, -0.15) is 0 Å². The van der Waals surface area contributed by atoms with E-state index in [0.717, 1.165) is 0 Å². The van der Waals surface area contributed by atoms with Crippen molar-refractivity contribution >= 4 is 29.7 Å². The Bertz CT molecular complexity index is 1580. The number of carbonyl (C=O) groups excluding carboxylic acids is 5. The number of methoxy groups -OCH3 is 1. The maximum Gasteiger partial charge on any atom is 0.339 e. The number of rotatable bonds is 7. The molecule has 1 aromatic rings. The number of furan rings is 1. The van der Waals surface area contributed by atoms with Crippen molar-refractivity contribution in [2.75, 3.05) is 7.11 Å². The van der Waals surface area contributed by atoms with Gasteiger partial charge in [0.15, 0.2) is 18.0 Å². The number of aliphatic hydroxyl groups is 2. The number of esters is 4. The summed E-state index contributed by atoms with van der Waals surface area (Å²) in [5.74, 6) is -6.32. The Morgan fingerprint density at radius 1 is 1.12 bits per heavy atom. The summed E-state index contributed by atoms with van der Waals surface area (Å²) in [4.78, 5) is 68.5. The fourth-order valence-electron chi connectivity index (χ4n) is 9.05. The van der Waals surface area contributed by atoms with Crippen molar-refractivity contribution in [2.24, 2.45) is 34.0 Å². The predicted octanol–water partition coefficient (Wildman–Crippen LogP) is 3.94. The lowest BCUT2D eigenvalue weighted by molar-refractivity contribution is -0.258. The van der Waals surface area contributed by atoms with E-state index in [0.29, 0.717) is 12.0 Å². The smallest absolute Gasteiger partial charge is 0.339 e. The monoisotopic (exact) mass is 670 g/mol. The molecule has 12 heteroatoms. The van der Waals surface area contributed by atoms with Crippen LogP contribution in [0.25, 0.3) is 0 Å². The maximum absolute atomic E-state index is 15.1. The molecular weight excluding hydrogens is 624 g/mol. The molecule has 5 rings (SSSR count). The molecule has 2 saturated carbocycles. The zero-order valence-corrected chi connectivity index (χ0v) is 28.9. The molecule has 2 heterocycles. The summed E-state index contributed by atoms with van der Waals surface area (Å²) in [6.07, 6.45) is -1.47. The third-order valence-electron chi connectivity index (χ3n) is 11.6. The molecule has 2 bridgehead atoms. The summed E-state index contributed by atoms with van der Waals surface area (Å²) < 4.78 is 28.3. The van der Waals surface area contributed by atoms with Crippen LogP contribution < -0.4 is 0 Å². The Hall–Kier alpha value is -3.77. The highest BCUT2D eigenvalue weighted by atomic mass is 16.6. The van der Waals surface area contributed by atoms with Crippen LogP contribution in [-0.4, -0.2) is 70.9 Å². The van der Waals surface area contributed by atoms with Crippen LogP contribution >= 0.6 is 0 Å². The van der Waals surface area contributed by atoms with Crippen LogP contribution in [-0.2, 0) is 42.9 Å². The zero-order chi connectivity index (χ0) is 35.7. The first kappa shape index (κ1) is 35.5. The lowest BCUT2D eigenvalue weighted by atomic mass is 9.38. The molecule has 1 aliphatic heterocycles. The van der Waals surface area contributed by atoms with Crippen LogP contribution in [0.3, 0.4) is 0 Å². The van der Waals surface area contributed by atoms with Crippen LogP contribution in [0, 0.1) is 34.0 Å². The molecule has 3 aliphatic carbocycles. The number of carbonyl (C=O) groups is 5. The zero-order valence-electron chi connectivity index (χ0n) is 28.9. The average molecular weight is 671 g/mol. The quantitative estimate of drug-likeness (QED) is 0.185. The molecule has 262 valence electrons. The van der Waals surface area contributed by atoms with Gasteiger partial charge in [0.2, 0.25) is 5.60 Å². The van der Waals surface area contributed by atoms with Gasteiger partial charge in [-0.15, -0.1) is 0 Å². The normalized spacial score (nSPS) is 37.3. The van der Waals surface area contributed by atoms with E-state index in [9.17, 15) is 29.4 Å². The van der Waals surface area contributed by atoms with Crippen molar-refractivity contribution in [3.05, 3.63) is 47.0 Å². The molecule has 3 fully saturated rings. The molecule has 12 nitrogen and oxygen atoms in total. The van der Waals surface area contributed by atoms with Gasteiger partial charge < -0.3 is 33.6 Å². The number of ketones is 1. The number of ether oxygens (including phenoxy) is 4. The summed E-state index contributed by atoms with van der Waals surface area (Å²) in [5.41, 5.74) is -5.54.